The fourth-order valence-electron chi connectivity index (χ4n) is 2.23. The van der Waals surface area contributed by atoms with Gasteiger partial charge in [-0.1, -0.05) is 23.0 Å². The average molecular weight is 381 g/mol. The third-order valence-corrected chi connectivity index (χ3v) is 5.36. The van der Waals surface area contributed by atoms with E-state index in [0.717, 1.165) is 23.5 Å². The molecule has 0 spiro atoms. The number of hydrogen-bond acceptors (Lipinski definition) is 8. The van der Waals surface area contributed by atoms with Crippen molar-refractivity contribution in [1.29, 1.82) is 0 Å². The van der Waals surface area contributed by atoms with Gasteiger partial charge in [0.2, 0.25) is 11.7 Å². The van der Waals surface area contributed by atoms with Crippen LogP contribution in [0.15, 0.2) is 32.0 Å². The third-order valence-electron chi connectivity index (χ3n) is 3.43. The first-order valence-electron chi connectivity index (χ1n) is 7.91. The summed E-state index contributed by atoms with van der Waals surface area (Å²) < 4.78 is 11.9. The average Bonchev–Trinajstić information content (AvgIpc) is 3.34. The molecule has 0 aliphatic heterocycles. The minimum Gasteiger partial charge on any atom is -0.385 e. The van der Waals surface area contributed by atoms with Crippen molar-refractivity contribution in [2.75, 3.05) is 19.5 Å². The summed E-state index contributed by atoms with van der Waals surface area (Å²) in [5.41, 5.74) is -0.184. The molecule has 25 heavy (non-hydrogen) atoms. The minimum absolute atomic E-state index is 0.184. The number of aryl methyl sites for hydroxylation is 1. The molecule has 0 saturated heterocycles. The molecular formula is C15H19N5O3S2. The van der Waals surface area contributed by atoms with Crippen LogP contribution in [0.1, 0.15) is 18.7 Å². The molecule has 10 heteroatoms. The van der Waals surface area contributed by atoms with Gasteiger partial charge < -0.3 is 9.26 Å². The quantitative estimate of drug-likeness (QED) is 0.425. The summed E-state index contributed by atoms with van der Waals surface area (Å²) in [4.78, 5) is 17.2. The van der Waals surface area contributed by atoms with Crippen molar-refractivity contribution < 1.29 is 9.26 Å². The van der Waals surface area contributed by atoms with Crippen molar-refractivity contribution in [2.24, 2.45) is 0 Å². The van der Waals surface area contributed by atoms with E-state index in [9.17, 15) is 4.79 Å². The maximum absolute atomic E-state index is 11.8. The van der Waals surface area contributed by atoms with Crippen LogP contribution in [0.2, 0.25) is 0 Å². The first-order valence-corrected chi connectivity index (χ1v) is 9.78. The Morgan fingerprint density at radius 1 is 1.44 bits per heavy atom. The molecule has 3 aromatic rings. The van der Waals surface area contributed by atoms with Crippen molar-refractivity contribution in [3.05, 3.63) is 33.9 Å². The van der Waals surface area contributed by atoms with Gasteiger partial charge in [0.15, 0.2) is 5.16 Å². The van der Waals surface area contributed by atoms with Gasteiger partial charge in [-0.25, -0.2) is 9.89 Å². The third kappa shape index (κ3) is 4.80. The van der Waals surface area contributed by atoms with E-state index in [1.807, 2.05) is 17.5 Å². The number of nitrogens with one attached hydrogen (secondary N) is 1. The second-order valence-electron chi connectivity index (χ2n) is 5.25. The molecule has 0 aliphatic rings. The lowest BCUT2D eigenvalue weighted by molar-refractivity contribution is 0.189. The lowest BCUT2D eigenvalue weighted by Crippen LogP contribution is -2.18. The van der Waals surface area contributed by atoms with Crippen LogP contribution in [0.3, 0.4) is 0 Å². The van der Waals surface area contributed by atoms with Crippen LogP contribution in [0.25, 0.3) is 10.7 Å². The topological polar surface area (TPSA) is 98.8 Å². The summed E-state index contributed by atoms with van der Waals surface area (Å²) in [5, 5.41) is 13.3. The smallest absolute Gasteiger partial charge is 0.343 e. The number of nitrogens with zero attached hydrogens (tertiary/aromatic N) is 4. The summed E-state index contributed by atoms with van der Waals surface area (Å²) in [5.74, 6) is 2.08. The predicted molar refractivity (Wildman–Crippen MR) is 96.0 cm³/mol. The number of thiophene rings is 1. The van der Waals surface area contributed by atoms with Gasteiger partial charge in [0.1, 0.15) is 0 Å². The number of methoxy groups -OCH3 is 1. The molecule has 0 atom stereocenters. The van der Waals surface area contributed by atoms with E-state index in [-0.39, 0.29) is 5.69 Å². The Kier molecular flexibility index (Phi) is 6.42. The Labute approximate surface area is 152 Å². The Morgan fingerprint density at radius 2 is 2.36 bits per heavy atom. The molecule has 0 saturated carbocycles. The summed E-state index contributed by atoms with van der Waals surface area (Å²) in [6.07, 6.45) is 2.33. The van der Waals surface area contributed by atoms with Crippen LogP contribution in [0.5, 0.6) is 0 Å². The molecule has 1 N–H and O–H groups in total. The monoisotopic (exact) mass is 381 g/mol. The fraction of sp³-hybridized carbons (Fsp3) is 0.467. The van der Waals surface area contributed by atoms with E-state index in [1.165, 1.54) is 0 Å². The van der Waals surface area contributed by atoms with E-state index in [4.69, 9.17) is 9.26 Å². The zero-order valence-corrected chi connectivity index (χ0v) is 15.4. The molecular weight excluding hydrogens is 362 g/mol. The number of thioether (sulfide) groups is 1. The molecule has 134 valence electrons. The van der Waals surface area contributed by atoms with Gasteiger partial charge in [-0.2, -0.15) is 4.98 Å². The van der Waals surface area contributed by atoms with Crippen molar-refractivity contribution in [1.82, 2.24) is 24.9 Å². The number of rotatable bonds is 10. The Balaban J connectivity index is 1.47. The molecule has 0 amide bonds. The molecule has 0 aromatic carbocycles. The zero-order chi connectivity index (χ0) is 17.5. The second-order valence-corrected chi connectivity index (χ2v) is 7.26. The highest BCUT2D eigenvalue weighted by Gasteiger charge is 2.11. The van der Waals surface area contributed by atoms with Crippen LogP contribution in [0, 0.1) is 0 Å². The minimum atomic E-state index is -0.184. The molecule has 0 radical (unpaired) electrons. The van der Waals surface area contributed by atoms with Crippen LogP contribution < -0.4 is 5.69 Å². The summed E-state index contributed by atoms with van der Waals surface area (Å²) in [6.45, 7) is 1.21. The molecule has 3 rings (SSSR count). The van der Waals surface area contributed by atoms with Gasteiger partial charge in [0.25, 0.3) is 0 Å². The highest BCUT2D eigenvalue weighted by molar-refractivity contribution is 7.99. The summed E-state index contributed by atoms with van der Waals surface area (Å²) in [6, 6.07) is 3.93. The number of aromatic amines is 1. The van der Waals surface area contributed by atoms with Crippen LogP contribution in [0.4, 0.5) is 0 Å². The standard InChI is InChI=1S/C15H19N5O3S2/c1-22-8-4-7-20-14(21)17-18-15(20)25-10-3-6-12-16-13(19-23-12)11-5-2-9-24-11/h2,5,9H,3-4,6-8,10H2,1H3,(H,17,21). The molecule has 0 aliphatic carbocycles. The van der Waals surface area contributed by atoms with E-state index in [2.05, 4.69) is 20.3 Å². The van der Waals surface area contributed by atoms with Crippen molar-refractivity contribution in [2.45, 2.75) is 31.0 Å². The SMILES string of the molecule is COCCCn1c(SCCCc2nc(-c3cccs3)no2)n[nH]c1=O. The normalized spacial score (nSPS) is 11.2. The number of H-pyrrole nitrogens is 1. The van der Waals surface area contributed by atoms with Gasteiger partial charge in [-0.3, -0.25) is 4.57 Å². The van der Waals surface area contributed by atoms with Crippen LogP contribution >= 0.6 is 23.1 Å². The molecule has 3 aromatic heterocycles. The highest BCUT2D eigenvalue weighted by Crippen LogP contribution is 2.22. The van der Waals surface area contributed by atoms with Gasteiger partial charge in [-0.05, 0) is 24.3 Å². The van der Waals surface area contributed by atoms with E-state index < -0.39 is 0 Å². The number of ether oxygens (including phenoxy) is 1. The van der Waals surface area contributed by atoms with E-state index in [1.54, 1.807) is 34.8 Å². The first-order chi connectivity index (χ1) is 12.3. The molecule has 0 bridgehead atoms. The largest absolute Gasteiger partial charge is 0.385 e. The Morgan fingerprint density at radius 3 is 3.16 bits per heavy atom. The lowest BCUT2D eigenvalue weighted by Gasteiger charge is -2.04. The molecule has 3 heterocycles. The molecule has 0 fully saturated rings. The number of aromatic nitrogens is 5. The maximum atomic E-state index is 11.8. The maximum Gasteiger partial charge on any atom is 0.343 e. The van der Waals surface area contributed by atoms with E-state index >= 15 is 0 Å². The van der Waals surface area contributed by atoms with Crippen molar-refractivity contribution in [3.63, 3.8) is 0 Å². The predicted octanol–water partition coefficient (Wildman–Crippen LogP) is 2.44. The number of hydrogen-bond donors (Lipinski definition) is 1. The zero-order valence-electron chi connectivity index (χ0n) is 13.8. The first kappa shape index (κ1) is 17.9. The van der Waals surface area contributed by atoms with Crippen molar-refractivity contribution in [3.8, 4) is 10.7 Å². The van der Waals surface area contributed by atoms with Gasteiger partial charge >= 0.3 is 5.69 Å². The molecule has 0 unspecified atom stereocenters. The lowest BCUT2D eigenvalue weighted by atomic mass is 10.3. The van der Waals surface area contributed by atoms with Gasteiger partial charge in [-0.15, -0.1) is 16.4 Å². The fourth-order valence-corrected chi connectivity index (χ4v) is 3.79. The van der Waals surface area contributed by atoms with Gasteiger partial charge in [0.05, 0.1) is 4.88 Å². The second kappa shape index (κ2) is 8.97. The molecule has 8 nitrogen and oxygen atoms in total. The Bertz CT molecular complexity index is 824. The Hall–Kier alpha value is -1.91. The summed E-state index contributed by atoms with van der Waals surface area (Å²) in [7, 11) is 1.65. The van der Waals surface area contributed by atoms with Crippen molar-refractivity contribution >= 4 is 23.1 Å². The van der Waals surface area contributed by atoms with E-state index in [0.29, 0.717) is 36.4 Å². The van der Waals surface area contributed by atoms with Gasteiger partial charge in [0, 0.05) is 32.4 Å². The highest BCUT2D eigenvalue weighted by atomic mass is 32.2. The van der Waals surface area contributed by atoms with Crippen LogP contribution in [-0.4, -0.2) is 44.4 Å². The van der Waals surface area contributed by atoms with Crippen LogP contribution in [-0.2, 0) is 17.7 Å². The summed E-state index contributed by atoms with van der Waals surface area (Å²) >= 11 is 3.13.